The molecule has 0 aliphatic heterocycles. The predicted octanol–water partition coefficient (Wildman–Crippen LogP) is 2.42. The summed E-state index contributed by atoms with van der Waals surface area (Å²) in [5.74, 6) is 0. The van der Waals surface area contributed by atoms with Crippen molar-refractivity contribution in [2.24, 2.45) is 0 Å². The van der Waals surface area contributed by atoms with Crippen molar-refractivity contribution in [1.29, 1.82) is 33.2 Å². The van der Waals surface area contributed by atoms with Crippen LogP contribution in [-0.4, -0.2) is 0 Å². The van der Waals surface area contributed by atoms with Crippen LogP contribution in [0.3, 0.4) is 0 Å². The Kier molecular flexibility index (Phi) is 284. The van der Waals surface area contributed by atoms with E-state index in [9.17, 15) is 0 Å². The summed E-state index contributed by atoms with van der Waals surface area (Å²) in [7, 11) is 0. The molecule has 0 spiro atoms. The van der Waals surface area contributed by atoms with Crippen molar-refractivity contribution < 1.29 is 0 Å². The highest BCUT2D eigenvalue weighted by molar-refractivity contribution is 2.50. The lowest BCUT2D eigenvalue weighted by atomic mass is 12.0. The third-order valence-corrected chi connectivity index (χ3v) is 0. The van der Waals surface area contributed by atoms with Crippen LogP contribution >= 0.6 is 0 Å². The summed E-state index contributed by atoms with van der Waals surface area (Å²) in [6.07, 6.45) is 0. The van der Waals surface area contributed by atoms with E-state index >= 15 is 0 Å². The van der Waals surface area contributed by atoms with Crippen molar-refractivity contribution in [2.45, 2.75) is 7.43 Å². The van der Waals surface area contributed by atoms with Gasteiger partial charge < -0.3 is 0 Å². The Labute approximate surface area is 41.8 Å². The van der Waals surface area contributed by atoms with E-state index in [0.717, 1.165) is 0 Å². The molecule has 6 heteroatoms. The molecule has 0 unspecified atom stereocenters. The van der Waals surface area contributed by atoms with Crippen LogP contribution in [0.25, 0.3) is 0 Å². The van der Waals surface area contributed by atoms with E-state index < -0.39 is 0 Å². The smallest absolute Gasteiger partial charge is 0.0776 e. The molecule has 0 aliphatic rings. The van der Waals surface area contributed by atoms with Gasteiger partial charge in [-0.05, 0) is 0 Å². The van der Waals surface area contributed by atoms with Gasteiger partial charge in [-0.15, -0.1) is 0 Å². The molecule has 0 aromatic heterocycles. The van der Waals surface area contributed by atoms with Gasteiger partial charge in [-0.3, -0.25) is 0 Å². The van der Waals surface area contributed by atoms with Crippen LogP contribution in [0.1, 0.15) is 7.43 Å². The van der Waals surface area contributed by atoms with Gasteiger partial charge in [0, 0.05) is 0 Å². The van der Waals surface area contributed by atoms with Crippen molar-refractivity contribution in [2.75, 3.05) is 0 Å². The molecular formula is CH10N6. The maximum atomic E-state index is 5.00. The van der Waals surface area contributed by atoms with Gasteiger partial charge in [0.2, 0.25) is 0 Å². The molecule has 0 saturated carbocycles. The SMILES string of the molecule is C.N=N.N=N.N=N. The first-order valence-corrected chi connectivity index (χ1v) is 0.750. The maximum Gasteiger partial charge on any atom is -0.0776 e. The van der Waals surface area contributed by atoms with Gasteiger partial charge in [-0.2, -0.15) is 0 Å². The van der Waals surface area contributed by atoms with Crippen LogP contribution in [0.15, 0.2) is 0 Å². The second-order valence-electron chi connectivity index (χ2n) is 0. The first kappa shape index (κ1) is 41.2. The van der Waals surface area contributed by atoms with Gasteiger partial charge in [0.15, 0.2) is 0 Å². The van der Waals surface area contributed by atoms with Gasteiger partial charge in [0.1, 0.15) is 0 Å². The molecule has 0 saturated heterocycles. The molecule has 0 heterocycles. The molecule has 0 rings (SSSR count). The summed E-state index contributed by atoms with van der Waals surface area (Å²) in [5.41, 5.74) is 30.0. The Balaban J connectivity index is -0.00000000900. The second-order valence-corrected chi connectivity index (χ2v) is 0. The first-order chi connectivity index (χ1) is 3.00. The fourth-order valence-corrected chi connectivity index (χ4v) is 0. The number of rotatable bonds is 0. The van der Waals surface area contributed by atoms with Crippen molar-refractivity contribution in [3.8, 4) is 0 Å². The first-order valence-electron chi connectivity index (χ1n) is 0.750. The largest absolute Gasteiger partial charge is 0.213 e. The molecule has 0 aromatic carbocycles. The molecule has 0 radical (unpaired) electrons. The summed E-state index contributed by atoms with van der Waals surface area (Å²) >= 11 is 0. The highest BCUT2D eigenvalue weighted by Gasteiger charge is 0.498. The Morgan fingerprint density at radius 3 is 0.429 bits per heavy atom. The number of nitrogens with one attached hydrogen (secondary N) is 6. The van der Waals surface area contributed by atoms with Crippen molar-refractivity contribution in [1.82, 2.24) is 0 Å². The standard InChI is InChI=1S/CH4.3H2N2/c;3*1-2/h1H4;3*1-2H. The van der Waals surface area contributed by atoms with Gasteiger partial charge >= 0.3 is 0 Å². The van der Waals surface area contributed by atoms with Crippen LogP contribution < -0.4 is 0 Å². The van der Waals surface area contributed by atoms with E-state index in [-0.39, 0.29) is 7.43 Å². The molecule has 6 nitrogen and oxygen atoms in total. The fourth-order valence-electron chi connectivity index (χ4n) is 0. The highest BCUT2D eigenvalue weighted by atomic mass is 14.7. The minimum atomic E-state index is 0. The Morgan fingerprint density at radius 2 is 0.429 bits per heavy atom. The lowest BCUT2D eigenvalue weighted by Gasteiger charge is -0.920. The molecule has 0 amide bonds. The van der Waals surface area contributed by atoms with Gasteiger partial charge in [-0.1, -0.05) is 7.43 Å². The van der Waals surface area contributed by atoms with E-state index in [1.165, 1.54) is 0 Å². The van der Waals surface area contributed by atoms with E-state index in [1.807, 2.05) is 0 Å². The zero-order valence-corrected chi connectivity index (χ0v) is 3.00. The lowest BCUT2D eigenvalue weighted by Crippen LogP contribution is -0.623. The normalized spacial score (nSPS) is 1.71. The summed E-state index contributed by atoms with van der Waals surface area (Å²) in [6, 6.07) is 0. The van der Waals surface area contributed by atoms with E-state index in [0.29, 0.717) is 0 Å². The van der Waals surface area contributed by atoms with Gasteiger partial charge in [-0.25, -0.2) is 33.2 Å². The monoisotopic (exact) mass is 106 g/mol. The highest BCUT2D eigenvalue weighted by Crippen LogP contribution is 0.795. The average Bonchev–Trinajstić information content (AvgIpc) is 1.81. The summed E-state index contributed by atoms with van der Waals surface area (Å²) in [4.78, 5) is 0. The molecule has 0 fully saturated rings. The molecule has 6 N–H and O–H groups in total. The lowest BCUT2D eigenvalue weighted by molar-refractivity contribution is 1.05. The van der Waals surface area contributed by atoms with Crippen LogP contribution in [0.4, 0.5) is 0 Å². The minimum absolute atomic E-state index is 0. The van der Waals surface area contributed by atoms with Crippen molar-refractivity contribution in [3.05, 3.63) is 0 Å². The van der Waals surface area contributed by atoms with Crippen LogP contribution in [0, 0.1) is 33.2 Å². The Hall–Kier alpha value is -1.20. The van der Waals surface area contributed by atoms with Crippen molar-refractivity contribution >= 4 is 0 Å². The van der Waals surface area contributed by atoms with E-state index in [2.05, 4.69) is 0 Å². The summed E-state index contributed by atoms with van der Waals surface area (Å²) < 4.78 is 0. The Bertz CT molecular complexity index is 8.90. The fraction of sp³-hybridized carbons (Fsp3) is 1.00. The quantitative estimate of drug-likeness (QED) is 0.252. The topological polar surface area (TPSA) is 143 Å². The third kappa shape index (κ3) is 26.1. The van der Waals surface area contributed by atoms with Crippen molar-refractivity contribution in [3.63, 3.8) is 0 Å². The average molecular weight is 106 g/mol. The van der Waals surface area contributed by atoms with Crippen LogP contribution in [0.5, 0.6) is 0 Å². The summed E-state index contributed by atoms with van der Waals surface area (Å²) in [6.45, 7) is 0. The molecule has 0 aliphatic carbocycles. The zero-order valence-electron chi connectivity index (χ0n) is 3.00. The number of hydrogen-bond donors (Lipinski definition) is 6. The predicted molar refractivity (Wildman–Crippen MR) is 23.0 cm³/mol. The summed E-state index contributed by atoms with van der Waals surface area (Å²) in [5, 5.41) is 0. The van der Waals surface area contributed by atoms with E-state index in [1.54, 1.807) is 0 Å². The van der Waals surface area contributed by atoms with Crippen LogP contribution in [-0.2, 0) is 0 Å². The molecule has 0 bridgehead atoms. The molecule has 0 aromatic rings. The molecule has 7 heavy (non-hydrogen) atoms. The third-order valence-electron chi connectivity index (χ3n) is 0. The minimum Gasteiger partial charge on any atom is -0.213 e. The van der Waals surface area contributed by atoms with Crippen LogP contribution in [0.2, 0.25) is 0 Å². The van der Waals surface area contributed by atoms with E-state index in [4.69, 9.17) is 33.2 Å². The molecular weight excluding hydrogens is 96.1 g/mol. The molecule has 0 atom stereocenters. The van der Waals surface area contributed by atoms with Gasteiger partial charge in [0.25, 0.3) is 0 Å². The maximum absolute atomic E-state index is 5.00. The second kappa shape index (κ2) is 48.1. The molecule has 44 valence electrons. The van der Waals surface area contributed by atoms with Gasteiger partial charge in [0.05, 0.1) is 0 Å². The number of hydrogen-bond acceptors (Lipinski definition) is 6. The Morgan fingerprint density at radius 1 is 0.429 bits per heavy atom. The zero-order chi connectivity index (χ0) is 6.00.